The second kappa shape index (κ2) is 7.08. The van der Waals surface area contributed by atoms with Crippen LogP contribution in [0.25, 0.3) is 11.4 Å². The zero-order valence-electron chi connectivity index (χ0n) is 13.4. The number of carbonyl (C=O) groups excluding carboxylic acids is 1. The highest BCUT2D eigenvalue weighted by Crippen LogP contribution is 2.29. The molecule has 3 aromatic rings. The Kier molecular flexibility index (Phi) is 5.04. The summed E-state index contributed by atoms with van der Waals surface area (Å²) in [7, 11) is 1.53. The smallest absolute Gasteiger partial charge is 0.214 e. The summed E-state index contributed by atoms with van der Waals surface area (Å²) in [5.74, 6) is 0.785. The molecule has 0 fully saturated rings. The number of benzene rings is 2. The molecule has 0 saturated carbocycles. The van der Waals surface area contributed by atoms with Gasteiger partial charge < -0.3 is 9.72 Å². The second-order valence-electron chi connectivity index (χ2n) is 5.36. The van der Waals surface area contributed by atoms with Gasteiger partial charge in [-0.05, 0) is 43.3 Å². The molecule has 1 aromatic heterocycles. The van der Waals surface area contributed by atoms with E-state index in [2.05, 4.69) is 9.97 Å². The summed E-state index contributed by atoms with van der Waals surface area (Å²) in [4.78, 5) is 20.4. The van der Waals surface area contributed by atoms with Gasteiger partial charge in [-0.2, -0.15) is 0 Å². The molecule has 0 radical (unpaired) electrons. The Labute approximate surface area is 159 Å². The highest BCUT2D eigenvalue weighted by molar-refractivity contribution is 6.42. The summed E-state index contributed by atoms with van der Waals surface area (Å²) in [5, 5.41) is 1.20. The number of hydrogen-bond acceptors (Lipinski definition) is 3. The molecule has 4 nitrogen and oxygen atoms in total. The fourth-order valence-corrected chi connectivity index (χ4v) is 2.90. The lowest BCUT2D eigenvalue weighted by Gasteiger charge is -2.05. The monoisotopic (exact) mass is 394 g/mol. The number of ketones is 1. The topological polar surface area (TPSA) is 55.0 Å². The van der Waals surface area contributed by atoms with E-state index in [-0.39, 0.29) is 11.5 Å². The summed E-state index contributed by atoms with van der Waals surface area (Å²) in [6.07, 6.45) is 0. The number of halogens is 3. The van der Waals surface area contributed by atoms with Gasteiger partial charge in [-0.25, -0.2) is 4.98 Å². The summed E-state index contributed by atoms with van der Waals surface area (Å²) in [6, 6.07) is 10.1. The van der Waals surface area contributed by atoms with Gasteiger partial charge in [0.2, 0.25) is 5.78 Å². The SMILES string of the molecule is COc1ccc(Cl)c(C(=O)c2nc(-c3ccc(Cl)c(Cl)c3)[nH]c2C)c1. The van der Waals surface area contributed by atoms with Crippen molar-refractivity contribution in [2.75, 3.05) is 7.11 Å². The minimum Gasteiger partial charge on any atom is -0.497 e. The molecule has 0 aliphatic rings. The van der Waals surface area contributed by atoms with Crippen molar-refractivity contribution in [2.24, 2.45) is 0 Å². The first-order chi connectivity index (χ1) is 11.9. The van der Waals surface area contributed by atoms with E-state index in [0.29, 0.717) is 37.9 Å². The molecule has 0 aliphatic carbocycles. The molecule has 1 heterocycles. The van der Waals surface area contributed by atoms with Crippen LogP contribution in [0.5, 0.6) is 5.75 Å². The Balaban J connectivity index is 2.03. The van der Waals surface area contributed by atoms with E-state index in [1.54, 1.807) is 43.3 Å². The van der Waals surface area contributed by atoms with Crippen molar-refractivity contribution >= 4 is 40.6 Å². The van der Waals surface area contributed by atoms with Gasteiger partial charge in [-0.3, -0.25) is 4.79 Å². The summed E-state index contributed by atoms with van der Waals surface area (Å²) in [5.41, 5.74) is 1.98. The van der Waals surface area contributed by atoms with Crippen LogP contribution in [0.15, 0.2) is 36.4 Å². The molecule has 3 rings (SSSR count). The van der Waals surface area contributed by atoms with Crippen LogP contribution in [-0.4, -0.2) is 22.9 Å². The minimum atomic E-state index is -0.288. The van der Waals surface area contributed by atoms with Crippen LogP contribution in [0.1, 0.15) is 21.7 Å². The zero-order chi connectivity index (χ0) is 18.1. The lowest BCUT2D eigenvalue weighted by molar-refractivity contribution is 0.103. The number of aryl methyl sites for hydroxylation is 1. The number of methoxy groups -OCH3 is 1. The summed E-state index contributed by atoms with van der Waals surface area (Å²) >= 11 is 18.2. The third kappa shape index (κ3) is 3.52. The molecular weight excluding hydrogens is 383 g/mol. The molecule has 0 saturated heterocycles. The molecule has 1 N–H and O–H groups in total. The summed E-state index contributed by atoms with van der Waals surface area (Å²) < 4.78 is 5.16. The Morgan fingerprint density at radius 1 is 1.04 bits per heavy atom. The number of carbonyl (C=O) groups is 1. The van der Waals surface area contributed by atoms with Gasteiger partial charge in [0.25, 0.3) is 0 Å². The standard InChI is InChI=1S/C18H13Cl3N2O2/c1-9-16(17(24)12-8-11(25-2)4-6-13(12)19)23-18(22-9)10-3-5-14(20)15(21)7-10/h3-8H,1-2H3,(H,22,23). The number of H-pyrrole nitrogens is 1. The molecule has 2 aromatic carbocycles. The predicted octanol–water partition coefficient (Wildman–Crippen LogP) is 5.58. The van der Waals surface area contributed by atoms with Crippen molar-refractivity contribution in [3.05, 3.63) is 68.4 Å². The third-order valence-electron chi connectivity index (χ3n) is 3.71. The van der Waals surface area contributed by atoms with Crippen LogP contribution >= 0.6 is 34.8 Å². The molecule has 0 spiro atoms. The first kappa shape index (κ1) is 17.8. The van der Waals surface area contributed by atoms with Gasteiger partial charge in [0.1, 0.15) is 17.3 Å². The molecule has 0 amide bonds. The van der Waals surface area contributed by atoms with Crippen LogP contribution in [0.3, 0.4) is 0 Å². The minimum absolute atomic E-state index is 0.288. The van der Waals surface area contributed by atoms with Crippen molar-refractivity contribution < 1.29 is 9.53 Å². The quantitative estimate of drug-likeness (QED) is 0.586. The Morgan fingerprint density at radius 2 is 1.76 bits per heavy atom. The van der Waals surface area contributed by atoms with Crippen molar-refractivity contribution in [3.8, 4) is 17.1 Å². The van der Waals surface area contributed by atoms with E-state index in [1.165, 1.54) is 7.11 Å². The zero-order valence-corrected chi connectivity index (χ0v) is 15.6. The predicted molar refractivity (Wildman–Crippen MR) is 100 cm³/mol. The highest BCUT2D eigenvalue weighted by Gasteiger charge is 2.20. The normalized spacial score (nSPS) is 10.8. The van der Waals surface area contributed by atoms with Gasteiger partial charge in [0.05, 0.1) is 22.2 Å². The Hall–Kier alpha value is -2.01. The fourth-order valence-electron chi connectivity index (χ4n) is 2.39. The van der Waals surface area contributed by atoms with Gasteiger partial charge in [-0.15, -0.1) is 0 Å². The van der Waals surface area contributed by atoms with E-state index in [4.69, 9.17) is 39.5 Å². The van der Waals surface area contributed by atoms with Crippen LogP contribution < -0.4 is 4.74 Å². The maximum atomic E-state index is 12.9. The van der Waals surface area contributed by atoms with E-state index in [0.717, 1.165) is 5.56 Å². The number of nitrogens with zero attached hydrogens (tertiary/aromatic N) is 1. The Bertz CT molecular complexity index is 967. The van der Waals surface area contributed by atoms with E-state index < -0.39 is 0 Å². The largest absolute Gasteiger partial charge is 0.497 e. The Morgan fingerprint density at radius 3 is 2.44 bits per heavy atom. The highest BCUT2D eigenvalue weighted by atomic mass is 35.5. The maximum absolute atomic E-state index is 12.9. The fraction of sp³-hybridized carbons (Fsp3) is 0.111. The lowest BCUT2D eigenvalue weighted by atomic mass is 10.1. The molecule has 0 aliphatic heterocycles. The van der Waals surface area contributed by atoms with Gasteiger partial charge in [0.15, 0.2) is 0 Å². The molecule has 25 heavy (non-hydrogen) atoms. The van der Waals surface area contributed by atoms with Crippen molar-refractivity contribution in [3.63, 3.8) is 0 Å². The first-order valence-electron chi connectivity index (χ1n) is 7.31. The first-order valence-corrected chi connectivity index (χ1v) is 8.44. The van der Waals surface area contributed by atoms with Crippen LogP contribution in [0, 0.1) is 6.92 Å². The van der Waals surface area contributed by atoms with Crippen molar-refractivity contribution in [1.82, 2.24) is 9.97 Å². The molecule has 128 valence electrons. The van der Waals surface area contributed by atoms with Crippen molar-refractivity contribution in [1.29, 1.82) is 0 Å². The molecule has 0 atom stereocenters. The molecular formula is C18H13Cl3N2O2. The van der Waals surface area contributed by atoms with Gasteiger partial charge >= 0.3 is 0 Å². The van der Waals surface area contributed by atoms with E-state index >= 15 is 0 Å². The van der Waals surface area contributed by atoms with Gasteiger partial charge in [-0.1, -0.05) is 34.8 Å². The number of aromatic nitrogens is 2. The van der Waals surface area contributed by atoms with Crippen LogP contribution in [-0.2, 0) is 0 Å². The number of nitrogens with one attached hydrogen (secondary N) is 1. The van der Waals surface area contributed by atoms with E-state index in [1.807, 2.05) is 0 Å². The number of hydrogen-bond donors (Lipinski definition) is 1. The third-order valence-corrected chi connectivity index (χ3v) is 4.78. The number of aromatic amines is 1. The molecule has 0 bridgehead atoms. The molecule has 7 heteroatoms. The maximum Gasteiger partial charge on any atom is 0.214 e. The van der Waals surface area contributed by atoms with Crippen molar-refractivity contribution in [2.45, 2.75) is 6.92 Å². The molecule has 0 unspecified atom stereocenters. The number of rotatable bonds is 4. The second-order valence-corrected chi connectivity index (χ2v) is 6.58. The summed E-state index contributed by atoms with van der Waals surface area (Å²) in [6.45, 7) is 1.77. The average molecular weight is 396 g/mol. The number of imidazole rings is 1. The van der Waals surface area contributed by atoms with Gasteiger partial charge in [0, 0.05) is 16.8 Å². The number of ether oxygens (including phenoxy) is 1. The average Bonchev–Trinajstić information content (AvgIpc) is 2.99. The lowest BCUT2D eigenvalue weighted by Crippen LogP contribution is -2.05. The van der Waals surface area contributed by atoms with Crippen LogP contribution in [0.4, 0.5) is 0 Å². The van der Waals surface area contributed by atoms with E-state index in [9.17, 15) is 4.79 Å². The van der Waals surface area contributed by atoms with Crippen LogP contribution in [0.2, 0.25) is 15.1 Å².